The Bertz CT molecular complexity index is 667. The molecule has 1 nitrogen and oxygen atoms in total. The van der Waals surface area contributed by atoms with Crippen LogP contribution in [-0.2, 0) is 6.42 Å². The van der Waals surface area contributed by atoms with Crippen LogP contribution in [0.5, 0.6) is 0 Å². The van der Waals surface area contributed by atoms with E-state index in [9.17, 15) is 0 Å². The summed E-state index contributed by atoms with van der Waals surface area (Å²) in [5.74, 6) is 0. The van der Waals surface area contributed by atoms with Gasteiger partial charge in [-0.2, -0.15) is 0 Å². The second-order valence-corrected chi connectivity index (χ2v) is 7.40. The van der Waals surface area contributed by atoms with Crippen LogP contribution >= 0.6 is 15.9 Å². The lowest BCUT2D eigenvalue weighted by atomic mass is 9.94. The number of halogens is 1. The lowest BCUT2D eigenvalue weighted by Crippen LogP contribution is -2.21. The monoisotopic (exact) mass is 329 g/mol. The third-order valence-electron chi connectivity index (χ3n) is 4.84. The molecule has 2 aliphatic carbocycles. The summed E-state index contributed by atoms with van der Waals surface area (Å²) in [5, 5.41) is 1.44. The summed E-state index contributed by atoms with van der Waals surface area (Å²) in [6.07, 6.45) is 12.3. The van der Waals surface area contributed by atoms with E-state index in [1.165, 1.54) is 55.0 Å². The summed E-state index contributed by atoms with van der Waals surface area (Å²) in [7, 11) is 0. The standard InChI is InChI=1S/C18H20BrN/c19-13-6-5-7-14(12-13)20-17-10-3-1-8-15(17)16-9-2-4-11-18(16)20/h1-3,8-10,13-14H,4-7,11-12H2. The number of alkyl halides is 1. The SMILES string of the molecule is BrC1CCCC(n2c3c(c4ccccc42)C=CCC3)C1. The second kappa shape index (κ2) is 5.07. The molecule has 0 radical (unpaired) electrons. The molecule has 2 heteroatoms. The summed E-state index contributed by atoms with van der Waals surface area (Å²) in [6.45, 7) is 0. The third kappa shape index (κ3) is 1.96. The fourth-order valence-electron chi connectivity index (χ4n) is 3.96. The molecule has 0 saturated heterocycles. The number of fused-ring (bicyclic) bond motifs is 3. The van der Waals surface area contributed by atoms with Gasteiger partial charge in [0.25, 0.3) is 0 Å². The average molecular weight is 330 g/mol. The van der Waals surface area contributed by atoms with Crippen LogP contribution < -0.4 is 0 Å². The quantitative estimate of drug-likeness (QED) is 0.610. The largest absolute Gasteiger partial charge is 0.341 e. The van der Waals surface area contributed by atoms with E-state index in [0.717, 1.165) is 0 Å². The molecule has 4 rings (SSSR count). The molecule has 0 spiro atoms. The van der Waals surface area contributed by atoms with Gasteiger partial charge in [0.1, 0.15) is 0 Å². The van der Waals surface area contributed by atoms with E-state index >= 15 is 0 Å². The Hall–Kier alpha value is -1.02. The van der Waals surface area contributed by atoms with E-state index in [1.54, 1.807) is 5.69 Å². The lowest BCUT2D eigenvalue weighted by Gasteiger charge is -2.30. The van der Waals surface area contributed by atoms with E-state index in [2.05, 4.69) is 56.9 Å². The van der Waals surface area contributed by atoms with Crippen molar-refractivity contribution < 1.29 is 0 Å². The lowest BCUT2D eigenvalue weighted by molar-refractivity contribution is 0.364. The minimum Gasteiger partial charge on any atom is -0.341 e. The van der Waals surface area contributed by atoms with Crippen molar-refractivity contribution in [3.8, 4) is 0 Å². The average Bonchev–Trinajstić information content (AvgIpc) is 2.82. The molecule has 1 aromatic carbocycles. The van der Waals surface area contributed by atoms with E-state index < -0.39 is 0 Å². The summed E-state index contributed by atoms with van der Waals surface area (Å²) in [5.41, 5.74) is 4.49. The number of para-hydroxylation sites is 1. The van der Waals surface area contributed by atoms with Crippen LogP contribution in [0.2, 0.25) is 0 Å². The molecular formula is C18H20BrN. The number of nitrogens with zero attached hydrogens (tertiary/aromatic N) is 1. The van der Waals surface area contributed by atoms with Gasteiger partial charge in [-0.3, -0.25) is 0 Å². The van der Waals surface area contributed by atoms with E-state index in [1.807, 2.05) is 0 Å². The first-order valence-electron chi connectivity index (χ1n) is 7.77. The van der Waals surface area contributed by atoms with Crippen LogP contribution in [0.1, 0.15) is 49.4 Å². The van der Waals surface area contributed by atoms with Gasteiger partial charge in [0.15, 0.2) is 0 Å². The van der Waals surface area contributed by atoms with E-state index in [-0.39, 0.29) is 0 Å². The molecule has 2 aliphatic rings. The minimum absolute atomic E-state index is 0.674. The van der Waals surface area contributed by atoms with Gasteiger partial charge in [-0.1, -0.05) is 52.7 Å². The Labute approximate surface area is 128 Å². The van der Waals surface area contributed by atoms with Crippen molar-refractivity contribution in [3.63, 3.8) is 0 Å². The number of aromatic nitrogens is 1. The van der Waals surface area contributed by atoms with Crippen LogP contribution in [0.15, 0.2) is 30.3 Å². The highest BCUT2D eigenvalue weighted by atomic mass is 79.9. The van der Waals surface area contributed by atoms with Gasteiger partial charge in [0.2, 0.25) is 0 Å². The fourth-order valence-corrected chi connectivity index (χ4v) is 4.72. The Balaban J connectivity index is 1.91. The first kappa shape index (κ1) is 12.7. The molecule has 1 saturated carbocycles. The van der Waals surface area contributed by atoms with Crippen LogP contribution in [-0.4, -0.2) is 9.39 Å². The Morgan fingerprint density at radius 3 is 2.95 bits per heavy atom. The zero-order valence-corrected chi connectivity index (χ0v) is 13.3. The third-order valence-corrected chi connectivity index (χ3v) is 5.67. The molecule has 0 aliphatic heterocycles. The van der Waals surface area contributed by atoms with Crippen molar-refractivity contribution in [1.29, 1.82) is 0 Å². The Morgan fingerprint density at radius 2 is 2.05 bits per heavy atom. The molecule has 104 valence electrons. The smallest absolute Gasteiger partial charge is 0.0491 e. The molecule has 0 bridgehead atoms. The number of hydrogen-bond acceptors (Lipinski definition) is 0. The first-order chi connectivity index (χ1) is 9.84. The van der Waals surface area contributed by atoms with Gasteiger partial charge in [0, 0.05) is 33.0 Å². The highest BCUT2D eigenvalue weighted by Crippen LogP contribution is 2.39. The molecule has 2 unspecified atom stereocenters. The zero-order valence-electron chi connectivity index (χ0n) is 11.7. The molecule has 1 fully saturated rings. The number of benzene rings is 1. The van der Waals surface area contributed by atoms with Crippen molar-refractivity contribution in [1.82, 2.24) is 4.57 Å². The van der Waals surface area contributed by atoms with Crippen LogP contribution in [0, 0.1) is 0 Å². The van der Waals surface area contributed by atoms with Gasteiger partial charge in [-0.05, 0) is 38.2 Å². The molecule has 1 heterocycles. The van der Waals surface area contributed by atoms with Crippen LogP contribution in [0.25, 0.3) is 17.0 Å². The van der Waals surface area contributed by atoms with Gasteiger partial charge >= 0.3 is 0 Å². The van der Waals surface area contributed by atoms with Gasteiger partial charge in [0.05, 0.1) is 0 Å². The number of rotatable bonds is 1. The maximum atomic E-state index is 3.85. The first-order valence-corrected chi connectivity index (χ1v) is 8.68. The highest BCUT2D eigenvalue weighted by molar-refractivity contribution is 9.09. The Kier molecular flexibility index (Phi) is 3.22. The normalized spacial score (nSPS) is 25.9. The molecule has 2 atom stereocenters. The number of allylic oxidation sites excluding steroid dienone is 1. The summed E-state index contributed by atoms with van der Waals surface area (Å²) < 4.78 is 2.67. The predicted molar refractivity (Wildman–Crippen MR) is 89.5 cm³/mol. The molecule has 20 heavy (non-hydrogen) atoms. The van der Waals surface area contributed by atoms with Gasteiger partial charge < -0.3 is 4.57 Å². The van der Waals surface area contributed by atoms with Gasteiger partial charge in [-0.25, -0.2) is 0 Å². The molecule has 0 N–H and O–H groups in total. The van der Waals surface area contributed by atoms with E-state index in [4.69, 9.17) is 0 Å². The summed E-state index contributed by atoms with van der Waals surface area (Å²) >= 11 is 3.85. The van der Waals surface area contributed by atoms with Crippen molar-refractivity contribution in [2.45, 2.75) is 49.4 Å². The molecule has 0 amide bonds. The number of hydrogen-bond donors (Lipinski definition) is 0. The Morgan fingerprint density at radius 1 is 1.15 bits per heavy atom. The van der Waals surface area contributed by atoms with Crippen molar-refractivity contribution in [3.05, 3.63) is 41.6 Å². The van der Waals surface area contributed by atoms with Crippen molar-refractivity contribution in [2.75, 3.05) is 0 Å². The van der Waals surface area contributed by atoms with Gasteiger partial charge in [-0.15, -0.1) is 0 Å². The zero-order chi connectivity index (χ0) is 13.5. The summed E-state index contributed by atoms with van der Waals surface area (Å²) in [4.78, 5) is 0.692. The predicted octanol–water partition coefficient (Wildman–Crippen LogP) is 5.48. The summed E-state index contributed by atoms with van der Waals surface area (Å²) in [6, 6.07) is 9.62. The maximum Gasteiger partial charge on any atom is 0.0491 e. The topological polar surface area (TPSA) is 4.93 Å². The van der Waals surface area contributed by atoms with Crippen molar-refractivity contribution >= 4 is 32.9 Å². The molecule has 1 aromatic heterocycles. The van der Waals surface area contributed by atoms with E-state index in [0.29, 0.717) is 10.9 Å². The second-order valence-electron chi connectivity index (χ2n) is 6.11. The van der Waals surface area contributed by atoms with Crippen LogP contribution in [0.3, 0.4) is 0 Å². The minimum atomic E-state index is 0.674. The van der Waals surface area contributed by atoms with Crippen molar-refractivity contribution in [2.24, 2.45) is 0 Å². The molecular weight excluding hydrogens is 310 g/mol. The van der Waals surface area contributed by atoms with Crippen LogP contribution in [0.4, 0.5) is 0 Å². The maximum absolute atomic E-state index is 3.85. The fraction of sp³-hybridized carbons (Fsp3) is 0.444. The molecule has 2 aromatic rings. The highest BCUT2D eigenvalue weighted by Gasteiger charge is 2.26.